The number of halogens is 2. The van der Waals surface area contributed by atoms with Crippen LogP contribution >= 0.6 is 31.9 Å². The van der Waals surface area contributed by atoms with E-state index in [1.54, 1.807) is 61.6 Å². The Labute approximate surface area is 589 Å². The van der Waals surface area contributed by atoms with Crippen LogP contribution in [0.2, 0.25) is 0 Å². The molecule has 0 atom stereocenters. The number of amides is 3. The van der Waals surface area contributed by atoms with Gasteiger partial charge in [0.15, 0.2) is 0 Å². The summed E-state index contributed by atoms with van der Waals surface area (Å²) in [4.78, 5) is 86.7. The minimum absolute atomic E-state index is 0.0419. The van der Waals surface area contributed by atoms with E-state index in [1.807, 2.05) is 121 Å². The second-order valence-corrected chi connectivity index (χ2v) is 26.7. The number of nitrogens with zero attached hydrogens (tertiary/aromatic N) is 4. The summed E-state index contributed by atoms with van der Waals surface area (Å²) in [6.45, 7) is 0. The van der Waals surface area contributed by atoms with Gasteiger partial charge in [0.25, 0.3) is 32.6 Å². The van der Waals surface area contributed by atoms with E-state index in [2.05, 4.69) is 78.2 Å². The van der Waals surface area contributed by atoms with E-state index in [0.717, 1.165) is 186 Å². The molecule has 3 saturated carbocycles. The largest absolute Gasteiger partial charge is 0.478 e. The molecule has 99 heavy (non-hydrogen) atoms. The number of aromatic carboxylic acids is 1. The summed E-state index contributed by atoms with van der Waals surface area (Å²) < 4.78 is 13.8. The van der Waals surface area contributed by atoms with Gasteiger partial charge in [-0.2, -0.15) is 0 Å². The summed E-state index contributed by atoms with van der Waals surface area (Å²) in [7, 11) is 2.90. The Balaban J connectivity index is 0.000000130. The highest BCUT2D eigenvalue weighted by Crippen LogP contribution is 2.36. The maximum atomic E-state index is 13.0. The molecule has 3 fully saturated rings. The van der Waals surface area contributed by atoms with E-state index >= 15 is 0 Å². The van der Waals surface area contributed by atoms with Crippen LogP contribution in [-0.2, 0) is 9.59 Å². The SMILES string of the molecule is NC1CCC(NC(=O)c2ccc3cncc(-c4cc5ccccc5o4)c3c2)CC1.O=C(O)c1ccc2cncc(Br)c2c1.O=C[B]NC1CCC(NC(=O)c2ccc3cncc(-c4cc5ccccc5o4)c3c2)CC1.O=C[B]NC1CCC(NC(=O)c2ccc3cncc(Br)c3c2)CC1. The van der Waals surface area contributed by atoms with E-state index in [1.165, 1.54) is 14.8 Å². The number of hydrogen-bond donors (Lipinski definition) is 7. The number of rotatable bonds is 15. The molecule has 0 aliphatic heterocycles. The summed E-state index contributed by atoms with van der Waals surface area (Å²) in [5.74, 6) is 0.407. The van der Waals surface area contributed by atoms with Crippen LogP contribution in [0.4, 0.5) is 0 Å². The van der Waals surface area contributed by atoms with E-state index in [4.69, 9.17) is 19.7 Å². The molecule has 0 bridgehead atoms. The number of carbonyl (C=O) groups excluding carboxylic acids is 5. The molecule has 498 valence electrons. The van der Waals surface area contributed by atoms with Crippen molar-refractivity contribution in [3.63, 3.8) is 0 Å². The highest BCUT2D eigenvalue weighted by Gasteiger charge is 2.26. The maximum Gasteiger partial charge on any atom is 0.335 e. The Bertz CT molecular complexity index is 4850. The number of nitrogens with one attached hydrogen (secondary N) is 5. The van der Waals surface area contributed by atoms with Gasteiger partial charge in [0.05, 0.1) is 17.9 Å². The third-order valence-electron chi connectivity index (χ3n) is 18.4. The van der Waals surface area contributed by atoms with Gasteiger partial charge in [0.1, 0.15) is 22.7 Å². The van der Waals surface area contributed by atoms with Crippen molar-refractivity contribution in [1.29, 1.82) is 0 Å². The first kappa shape index (κ1) is 69.1. The Morgan fingerprint density at radius 2 is 0.747 bits per heavy atom. The zero-order valence-corrected chi connectivity index (χ0v) is 57.1. The molecule has 3 aliphatic rings. The third-order valence-corrected chi connectivity index (χ3v) is 19.7. The number of furan rings is 2. The smallest absolute Gasteiger partial charge is 0.335 e. The number of carboxylic acids is 1. The van der Waals surface area contributed by atoms with Crippen LogP contribution in [0.5, 0.6) is 0 Å². The number of para-hydroxylation sites is 2. The second kappa shape index (κ2) is 32.7. The highest BCUT2D eigenvalue weighted by atomic mass is 79.9. The Morgan fingerprint density at radius 3 is 1.13 bits per heavy atom. The van der Waals surface area contributed by atoms with Gasteiger partial charge < -0.3 is 55.7 Å². The average Bonchev–Trinajstić information content (AvgIpc) is 1.67. The Kier molecular flexibility index (Phi) is 22.9. The number of benzene rings is 6. The van der Waals surface area contributed by atoms with Gasteiger partial charge >= 0.3 is 5.97 Å². The van der Waals surface area contributed by atoms with Crippen LogP contribution in [-0.4, -0.2) is 112 Å². The monoisotopic (exact) mass is 1450 g/mol. The molecule has 3 aliphatic carbocycles. The van der Waals surface area contributed by atoms with Gasteiger partial charge in [-0.3, -0.25) is 34.3 Å². The number of pyridine rings is 4. The van der Waals surface area contributed by atoms with Crippen molar-refractivity contribution in [3.8, 4) is 22.6 Å². The van der Waals surface area contributed by atoms with Gasteiger partial charge in [0.2, 0.25) is 0 Å². The number of hydrogen-bond acceptors (Lipinski definition) is 15. The molecule has 2 radical (unpaired) electrons. The predicted octanol–water partition coefficient (Wildman–Crippen LogP) is 13.9. The molecular weight excluding hydrogens is 1380 g/mol. The predicted molar refractivity (Wildman–Crippen MR) is 396 cm³/mol. The third kappa shape index (κ3) is 17.4. The molecule has 6 aromatic heterocycles. The molecule has 6 heterocycles. The van der Waals surface area contributed by atoms with Gasteiger partial charge in [-0.1, -0.05) is 60.7 Å². The fraction of sp³-hybridized carbons (Fsp3) is 0.237. The topological polar surface area (TPSA) is 287 Å². The molecule has 0 saturated heterocycles. The fourth-order valence-electron chi connectivity index (χ4n) is 13.0. The zero-order chi connectivity index (χ0) is 68.8. The molecule has 23 heteroatoms. The minimum atomic E-state index is -0.921. The lowest BCUT2D eigenvalue weighted by Crippen LogP contribution is -2.43. The van der Waals surface area contributed by atoms with Crippen molar-refractivity contribution in [2.24, 2.45) is 5.73 Å². The molecule has 0 spiro atoms. The molecule has 3 amide bonds. The summed E-state index contributed by atoms with van der Waals surface area (Å²) in [5, 5.41) is 34.1. The van der Waals surface area contributed by atoms with Gasteiger partial charge in [-0.15, -0.1) is 0 Å². The number of carbonyl (C=O) groups is 6. The normalized spacial score (nSPS) is 18.1. The Hall–Kier alpha value is -9.77. The summed E-state index contributed by atoms with van der Waals surface area (Å²) in [6.07, 6.45) is 26.7. The lowest BCUT2D eigenvalue weighted by molar-refractivity contribution is 0.0696. The number of aromatic nitrogens is 4. The van der Waals surface area contributed by atoms with E-state index < -0.39 is 5.97 Å². The molecule has 19 nitrogen and oxygen atoms in total. The van der Waals surface area contributed by atoms with Crippen molar-refractivity contribution in [3.05, 3.63) is 214 Å². The maximum absolute atomic E-state index is 13.0. The zero-order valence-electron chi connectivity index (χ0n) is 53.9. The van der Waals surface area contributed by atoms with Gasteiger partial charge in [0, 0.05) is 143 Å². The second-order valence-electron chi connectivity index (χ2n) is 25.0. The van der Waals surface area contributed by atoms with Crippen LogP contribution in [0.1, 0.15) is 118 Å². The van der Waals surface area contributed by atoms with Crippen molar-refractivity contribution in [1.82, 2.24) is 46.3 Å². The van der Waals surface area contributed by atoms with Crippen molar-refractivity contribution in [2.45, 2.75) is 113 Å². The number of nitrogens with two attached hydrogens (primary N) is 1. The number of carboxylic acid groups (broad SMARTS) is 1. The molecular formula is C76H70B2Br2N10O9. The quantitative estimate of drug-likeness (QED) is 0.0371. The van der Waals surface area contributed by atoms with Crippen molar-refractivity contribution >= 4 is 148 Å². The first-order valence-corrected chi connectivity index (χ1v) is 34.6. The summed E-state index contributed by atoms with van der Waals surface area (Å²) in [6, 6.07) is 43.3. The van der Waals surface area contributed by atoms with E-state index in [9.17, 15) is 28.8 Å². The molecule has 8 N–H and O–H groups in total. The first-order valence-electron chi connectivity index (χ1n) is 33.0. The van der Waals surface area contributed by atoms with Crippen LogP contribution in [0.25, 0.3) is 87.7 Å². The van der Waals surface area contributed by atoms with Crippen LogP contribution < -0.4 is 32.1 Å². The standard InChI is InChI=1S/C25H23BN3O3.C24H23N3O2.C17H18BBrN3O2.C10H6BrNO2/c30-15-26-29-20-9-7-19(8-10-20)28-25(31)17-5-6-18-13-27-14-22(21(18)11-17)24-12-16-3-1-2-4-23(16)32-24;25-18-7-9-19(10-8-18)27-24(28)16-5-6-17-13-26-14-21(20(17)11-16)23-12-15-3-1-2-4-22(15)29-23;19-16-9-20-8-12-2-1-11(7-15(12)16)17(24)21-13-3-5-14(6-4-13)22-18-10-23;11-9-5-12-4-7-2-1-6(10(13)14)3-8(7)9/h1-6,11-15,19-20,29H,7-10H2,(H,28,31);1-6,11-14,18-19H,7-10,25H2,(H,27,28);1-2,7-10,13-14,22H,3-6H2,(H,21,24);1-5H,(H,13,14). The van der Waals surface area contributed by atoms with E-state index in [0.29, 0.717) is 28.8 Å². The molecule has 15 rings (SSSR count). The molecule has 6 aromatic carbocycles. The first-order chi connectivity index (χ1) is 48.2. The van der Waals surface area contributed by atoms with Gasteiger partial charge in [-0.25, -0.2) is 4.79 Å². The van der Waals surface area contributed by atoms with Crippen LogP contribution in [0.3, 0.4) is 0 Å². The summed E-state index contributed by atoms with van der Waals surface area (Å²) >= 11 is 6.80. The van der Waals surface area contributed by atoms with E-state index in [-0.39, 0.29) is 47.5 Å². The van der Waals surface area contributed by atoms with Crippen molar-refractivity contribution < 1.29 is 42.7 Å². The lowest BCUT2D eigenvalue weighted by Gasteiger charge is -2.29. The number of fused-ring (bicyclic) bond motifs is 6. The molecule has 0 unspecified atom stereocenters. The lowest BCUT2D eigenvalue weighted by atomic mass is 9.86. The highest BCUT2D eigenvalue weighted by molar-refractivity contribution is 9.11. The Morgan fingerprint density at radius 1 is 0.414 bits per heavy atom. The molecule has 12 aromatic rings. The van der Waals surface area contributed by atoms with Crippen molar-refractivity contribution in [2.75, 3.05) is 0 Å². The van der Waals surface area contributed by atoms with Gasteiger partial charge in [-0.05, 0) is 215 Å². The average molecular weight is 1450 g/mol. The fourth-order valence-corrected chi connectivity index (χ4v) is 13.9. The van der Waals surface area contributed by atoms with Crippen LogP contribution in [0, 0.1) is 0 Å². The summed E-state index contributed by atoms with van der Waals surface area (Å²) in [5.41, 5.74) is 11.6. The van der Waals surface area contributed by atoms with Crippen LogP contribution in [0.15, 0.2) is 201 Å². The minimum Gasteiger partial charge on any atom is -0.478 e.